The number of carbonyl (C=O) groups excluding carboxylic acids is 3. The van der Waals surface area contributed by atoms with Gasteiger partial charge in [-0.1, -0.05) is 108 Å². The summed E-state index contributed by atoms with van der Waals surface area (Å²) in [4.78, 5) is 47.1. The number of ether oxygens (including phenoxy) is 5. The highest BCUT2D eigenvalue weighted by atomic mass is 16.6. The van der Waals surface area contributed by atoms with Gasteiger partial charge in [-0.2, -0.15) is 0 Å². The molecule has 0 unspecified atom stereocenters. The fourth-order valence-corrected chi connectivity index (χ4v) is 12.0. The zero-order valence-corrected chi connectivity index (χ0v) is 42.9. The van der Waals surface area contributed by atoms with E-state index in [2.05, 4.69) is 26.0 Å². The quantitative estimate of drug-likeness (QED) is 0.0395. The van der Waals surface area contributed by atoms with Gasteiger partial charge in [0.1, 0.15) is 30.3 Å². The van der Waals surface area contributed by atoms with Gasteiger partial charge in [0.05, 0.1) is 12.2 Å². The van der Waals surface area contributed by atoms with Crippen molar-refractivity contribution in [2.45, 2.75) is 187 Å². The molecule has 4 aliphatic rings. The predicted molar refractivity (Wildman–Crippen MR) is 272 cm³/mol. The van der Waals surface area contributed by atoms with Crippen molar-refractivity contribution in [1.82, 2.24) is 0 Å². The molecule has 0 saturated heterocycles. The van der Waals surface area contributed by atoms with E-state index in [0.717, 1.165) is 138 Å². The van der Waals surface area contributed by atoms with Crippen molar-refractivity contribution in [1.29, 1.82) is 0 Å². The number of unbranched alkanes of at least 4 members (excludes halogenated alkanes) is 4. The molecule has 10 atom stereocenters. The van der Waals surface area contributed by atoms with E-state index in [-0.39, 0.29) is 68.0 Å². The van der Waals surface area contributed by atoms with Crippen molar-refractivity contribution in [2.24, 2.45) is 35.5 Å². The van der Waals surface area contributed by atoms with Crippen LogP contribution >= 0.6 is 0 Å². The zero-order valence-electron chi connectivity index (χ0n) is 42.9. The number of aliphatic hydroxyl groups is 2. The maximum absolute atomic E-state index is 12.3. The molecule has 0 amide bonds. The standard InChI is InChI=1S/C33H44O6.C26H38O6/c1-3-5-7-14-26(39-32(35)4-2)16-17-27-28-18-24-13-10-15-31(29(24)19-25(28)20-30(27)34)37-22-33(36)38-21-23-11-8-6-9-12-23;1-3-5-6-9-19(32-26(30)4-2)11-12-20-21-13-17-8-7-10-24(31-16-25(28)29)22(17)14-18(21)15-23(20)27/h6,8-13,15,25-28,30,34H,3-5,7,14,16-22H2,1-2H3;7-8,10,18-21,23,27H,3-6,9,11-16H2,1-2H3,(H,28,29)/t25-,26-,27+,28-,30+;18-,19-,20+,21-,23+/m00/s1. The largest absolute Gasteiger partial charge is 0.482 e. The molecular formula is C59H82O12. The fraction of sp³-hybridized carbons (Fsp3) is 0.627. The molecule has 0 bridgehead atoms. The van der Waals surface area contributed by atoms with E-state index in [1.54, 1.807) is 0 Å². The highest BCUT2D eigenvalue weighted by Crippen LogP contribution is 2.50. The number of esters is 3. The average Bonchev–Trinajstić information content (AvgIpc) is 3.85. The lowest BCUT2D eigenvalue weighted by Gasteiger charge is -2.32. The molecule has 7 rings (SSSR count). The first-order chi connectivity index (χ1) is 34.4. The molecule has 0 radical (unpaired) electrons. The van der Waals surface area contributed by atoms with Crippen molar-refractivity contribution in [3.63, 3.8) is 0 Å². The van der Waals surface area contributed by atoms with Crippen molar-refractivity contribution >= 4 is 23.9 Å². The molecule has 4 aliphatic carbocycles. The second-order valence-corrected chi connectivity index (χ2v) is 20.6. The first-order valence-electron chi connectivity index (χ1n) is 27.0. The van der Waals surface area contributed by atoms with E-state index >= 15 is 0 Å². The summed E-state index contributed by atoms with van der Waals surface area (Å²) in [6.07, 6.45) is 16.7. The fourth-order valence-electron chi connectivity index (χ4n) is 12.0. The Hall–Kier alpha value is -4.94. The molecule has 0 aromatic heterocycles. The summed E-state index contributed by atoms with van der Waals surface area (Å²) in [5, 5.41) is 30.9. The third-order valence-corrected chi connectivity index (χ3v) is 15.7. The van der Waals surface area contributed by atoms with Crippen LogP contribution in [-0.2, 0) is 65.7 Å². The summed E-state index contributed by atoms with van der Waals surface area (Å²) >= 11 is 0. The molecule has 0 heterocycles. The van der Waals surface area contributed by atoms with Crippen LogP contribution in [0.15, 0.2) is 66.7 Å². The zero-order chi connectivity index (χ0) is 50.7. The van der Waals surface area contributed by atoms with E-state index in [4.69, 9.17) is 28.8 Å². The van der Waals surface area contributed by atoms with Crippen LogP contribution in [0.4, 0.5) is 0 Å². The van der Waals surface area contributed by atoms with Gasteiger partial charge in [0.15, 0.2) is 13.2 Å². The minimum atomic E-state index is -0.982. The van der Waals surface area contributed by atoms with Gasteiger partial charge < -0.3 is 39.0 Å². The minimum absolute atomic E-state index is 0.0622. The Balaban J connectivity index is 0.000000237. The van der Waals surface area contributed by atoms with Gasteiger partial charge in [-0.25, -0.2) is 9.59 Å². The van der Waals surface area contributed by atoms with Crippen LogP contribution in [0.3, 0.4) is 0 Å². The SMILES string of the molecule is CCCCC[C@@H](CC[C@@H]1[C@H]2Cc3cccc(OCC(=O)O)c3C[C@H]2C[C@H]1O)OC(=O)CC.CCCCC[C@@H](CC[C@@H]1[C@H]2Cc3cccc(OCC(=O)OCc4ccccc4)c3C[C@H]2C[C@H]1O)OC(=O)CC. The van der Waals surface area contributed by atoms with E-state index in [1.807, 2.05) is 68.4 Å². The smallest absolute Gasteiger partial charge is 0.344 e. The summed E-state index contributed by atoms with van der Waals surface area (Å²) in [6.45, 7) is 7.77. The lowest BCUT2D eigenvalue weighted by molar-refractivity contribution is -0.150. The molecule has 0 aliphatic heterocycles. The molecular weight excluding hydrogens is 901 g/mol. The van der Waals surface area contributed by atoms with E-state index in [1.165, 1.54) is 11.1 Å². The van der Waals surface area contributed by atoms with E-state index in [9.17, 15) is 29.4 Å². The molecule has 12 heteroatoms. The molecule has 3 N–H and O–H groups in total. The highest BCUT2D eigenvalue weighted by Gasteiger charge is 2.46. The number of carboxylic acid groups (broad SMARTS) is 1. The van der Waals surface area contributed by atoms with Crippen LogP contribution in [-0.4, -0.2) is 76.8 Å². The monoisotopic (exact) mass is 983 g/mol. The van der Waals surface area contributed by atoms with Gasteiger partial charge in [0, 0.05) is 12.8 Å². The molecule has 71 heavy (non-hydrogen) atoms. The molecule has 0 spiro atoms. The summed E-state index contributed by atoms with van der Waals surface area (Å²) in [5.41, 5.74) is 5.63. The topological polar surface area (TPSA) is 175 Å². The van der Waals surface area contributed by atoms with Crippen LogP contribution in [0.25, 0.3) is 0 Å². The van der Waals surface area contributed by atoms with Gasteiger partial charge >= 0.3 is 23.9 Å². The Morgan fingerprint density at radius 1 is 0.563 bits per heavy atom. The first kappa shape index (κ1) is 55.4. The second-order valence-electron chi connectivity index (χ2n) is 20.6. The van der Waals surface area contributed by atoms with Gasteiger partial charge in [-0.3, -0.25) is 9.59 Å². The molecule has 3 aromatic rings. The average molecular weight is 983 g/mol. The van der Waals surface area contributed by atoms with Gasteiger partial charge in [-0.05, 0) is 165 Å². The molecule has 2 fully saturated rings. The first-order valence-corrected chi connectivity index (χ1v) is 27.0. The summed E-state index contributed by atoms with van der Waals surface area (Å²) in [5.74, 6) is 1.69. The van der Waals surface area contributed by atoms with Gasteiger partial charge in [0.25, 0.3) is 0 Å². The van der Waals surface area contributed by atoms with E-state index in [0.29, 0.717) is 42.3 Å². The van der Waals surface area contributed by atoms with Crippen LogP contribution < -0.4 is 9.47 Å². The summed E-state index contributed by atoms with van der Waals surface area (Å²) in [7, 11) is 0. The Morgan fingerprint density at radius 2 is 1.04 bits per heavy atom. The minimum Gasteiger partial charge on any atom is -0.482 e. The maximum Gasteiger partial charge on any atom is 0.344 e. The van der Waals surface area contributed by atoms with E-state index < -0.39 is 11.9 Å². The van der Waals surface area contributed by atoms with Gasteiger partial charge in [0.2, 0.25) is 0 Å². The number of carbonyl (C=O) groups is 4. The number of aliphatic hydroxyl groups excluding tert-OH is 2. The number of rotatable bonds is 26. The Bertz CT molecular complexity index is 2140. The second kappa shape index (κ2) is 28.3. The number of carboxylic acids is 1. The van der Waals surface area contributed by atoms with Crippen molar-refractivity contribution in [3.05, 3.63) is 94.5 Å². The van der Waals surface area contributed by atoms with Crippen molar-refractivity contribution in [3.8, 4) is 11.5 Å². The normalized spacial score (nSPS) is 23.6. The predicted octanol–water partition coefficient (Wildman–Crippen LogP) is 10.7. The Labute approximate surface area is 422 Å². The van der Waals surface area contributed by atoms with Crippen molar-refractivity contribution in [2.75, 3.05) is 13.2 Å². The molecule has 390 valence electrons. The van der Waals surface area contributed by atoms with Crippen LogP contribution in [0, 0.1) is 35.5 Å². The number of fused-ring (bicyclic) bond motifs is 4. The Morgan fingerprint density at radius 3 is 1.49 bits per heavy atom. The number of benzene rings is 3. The highest BCUT2D eigenvalue weighted by molar-refractivity contribution is 5.71. The van der Waals surface area contributed by atoms with Crippen LogP contribution in [0.5, 0.6) is 11.5 Å². The number of aliphatic carboxylic acids is 1. The Kier molecular flexibility index (Phi) is 22.1. The summed E-state index contributed by atoms with van der Waals surface area (Å²) in [6, 6.07) is 21.5. The van der Waals surface area contributed by atoms with Gasteiger partial charge in [-0.15, -0.1) is 0 Å². The lowest BCUT2D eigenvalue weighted by Crippen LogP contribution is -2.29. The number of hydrogen-bond donors (Lipinski definition) is 3. The molecule has 12 nitrogen and oxygen atoms in total. The summed E-state index contributed by atoms with van der Waals surface area (Å²) < 4.78 is 28.3. The third kappa shape index (κ3) is 16.3. The van der Waals surface area contributed by atoms with Crippen molar-refractivity contribution < 1.29 is 58.2 Å². The lowest BCUT2D eigenvalue weighted by atomic mass is 9.73. The number of hydrogen-bond acceptors (Lipinski definition) is 11. The molecule has 2 saturated carbocycles. The molecule has 3 aromatic carbocycles. The maximum atomic E-state index is 12.3. The third-order valence-electron chi connectivity index (χ3n) is 15.7. The van der Waals surface area contributed by atoms with Crippen LogP contribution in [0.2, 0.25) is 0 Å². The van der Waals surface area contributed by atoms with Crippen LogP contribution in [0.1, 0.15) is 158 Å².